The Morgan fingerprint density at radius 2 is 1.58 bits per heavy atom. The van der Waals surface area contributed by atoms with Crippen LogP contribution in [0.3, 0.4) is 0 Å². The van der Waals surface area contributed by atoms with Crippen LogP contribution in [0.2, 0.25) is 18.1 Å². The minimum Gasteiger partial charge on any atom is -1.00 e. The molecule has 0 heterocycles. The zero-order valence-corrected chi connectivity index (χ0v) is 24.2. The molecular weight excluding hydrogens is 495 g/mol. The molecule has 0 N–H and O–H groups in total. The van der Waals surface area contributed by atoms with Gasteiger partial charge in [0.25, 0.3) is 0 Å². The second kappa shape index (κ2) is 13.4. The fourth-order valence-electron chi connectivity index (χ4n) is 6.78. The van der Waals surface area contributed by atoms with E-state index in [0.29, 0.717) is 0 Å². The summed E-state index contributed by atoms with van der Waals surface area (Å²) < 4.78 is 0. The molecule has 0 spiro atoms. The molecule has 0 aliphatic heterocycles. The minimum absolute atomic E-state index is 0. The molecule has 5 heteroatoms. The standard InChI is InChI=1S/C26H37Si.3ClH.Ti/c1-5-6-15-27(4,21-17-19(2)16-20(3)18-21)26-24-13-9-7-11-22(24)23-12-8-10-14-25(23)26;;;;/h7,9,11,13-14,16-18,22-26H,5-6,8,10,12,15H2,1-4H3;3*1H;/q-1;;;;+4/p-3. The third kappa shape index (κ3) is 6.14. The first-order chi connectivity index (χ1) is 13.0. The maximum atomic E-state index is 2.76. The topological polar surface area (TPSA) is 0 Å². The summed E-state index contributed by atoms with van der Waals surface area (Å²) in [6.07, 6.45) is 19.5. The van der Waals surface area contributed by atoms with Crippen LogP contribution < -0.4 is 42.4 Å². The van der Waals surface area contributed by atoms with Gasteiger partial charge in [-0.1, -0.05) is 115 Å². The van der Waals surface area contributed by atoms with Crippen LogP contribution in [0.25, 0.3) is 0 Å². The van der Waals surface area contributed by atoms with Gasteiger partial charge in [-0.3, -0.25) is 0 Å². The molecule has 1 aromatic rings. The summed E-state index contributed by atoms with van der Waals surface area (Å²) >= 11 is 0. The maximum absolute atomic E-state index is 2.76. The summed E-state index contributed by atoms with van der Waals surface area (Å²) in [6, 6.07) is 8.92. The van der Waals surface area contributed by atoms with Gasteiger partial charge in [-0.05, 0) is 25.7 Å². The molecule has 4 rings (SSSR count). The Morgan fingerprint density at radius 1 is 0.968 bits per heavy atom. The Hall–Kier alpha value is 0.501. The van der Waals surface area contributed by atoms with E-state index in [1.807, 2.05) is 0 Å². The molecule has 2 saturated carbocycles. The quantitative estimate of drug-likeness (QED) is 0.298. The first-order valence-electron chi connectivity index (χ1n) is 11.3. The number of hydrogen-bond donors (Lipinski definition) is 0. The molecule has 0 saturated heterocycles. The van der Waals surface area contributed by atoms with E-state index in [1.54, 1.807) is 5.19 Å². The van der Waals surface area contributed by atoms with Crippen molar-refractivity contribution in [1.82, 2.24) is 0 Å². The van der Waals surface area contributed by atoms with Crippen molar-refractivity contribution in [2.75, 3.05) is 0 Å². The molecule has 31 heavy (non-hydrogen) atoms. The first kappa shape index (κ1) is 31.5. The van der Waals surface area contributed by atoms with Gasteiger partial charge in [-0.15, -0.1) is 0 Å². The number of hydrogen-bond acceptors (Lipinski definition) is 0. The van der Waals surface area contributed by atoms with Gasteiger partial charge < -0.3 is 43.6 Å². The second-order valence-corrected chi connectivity index (χ2v) is 14.3. The maximum Gasteiger partial charge on any atom is 4.00 e. The molecule has 6 atom stereocenters. The van der Waals surface area contributed by atoms with Gasteiger partial charge in [0.15, 0.2) is 0 Å². The van der Waals surface area contributed by atoms with Crippen LogP contribution in [-0.4, -0.2) is 8.07 Å². The van der Waals surface area contributed by atoms with E-state index in [-0.39, 0.29) is 58.9 Å². The fraction of sp³-hybridized carbons (Fsp3) is 0.577. The van der Waals surface area contributed by atoms with Crippen molar-refractivity contribution in [3.05, 3.63) is 60.1 Å². The van der Waals surface area contributed by atoms with Crippen LogP contribution in [0.15, 0.2) is 42.5 Å². The SMILES string of the molecule is CCCC[Si](C)(c1cc(C)cc(C)c1)C1C2C=CC=CC2C2CCC[CH-]C21.[Cl-].[Cl-].[Cl-].[Ti+4]. The average Bonchev–Trinajstić information content (AvgIpc) is 3.00. The van der Waals surface area contributed by atoms with Crippen LogP contribution in [0.1, 0.15) is 50.2 Å². The summed E-state index contributed by atoms with van der Waals surface area (Å²) in [6.45, 7) is 9.70. The Balaban J connectivity index is 0.00000225. The van der Waals surface area contributed by atoms with Crippen molar-refractivity contribution in [3.8, 4) is 0 Å². The van der Waals surface area contributed by atoms with E-state index in [9.17, 15) is 0 Å². The Labute approximate surface area is 225 Å². The third-order valence-electron chi connectivity index (χ3n) is 7.89. The molecule has 0 amide bonds. The molecule has 170 valence electrons. The van der Waals surface area contributed by atoms with Crippen molar-refractivity contribution in [2.24, 2.45) is 23.7 Å². The zero-order valence-electron chi connectivity index (χ0n) is 19.4. The molecule has 0 radical (unpaired) electrons. The molecule has 0 nitrogen and oxygen atoms in total. The second-order valence-electron chi connectivity index (χ2n) is 9.76. The summed E-state index contributed by atoms with van der Waals surface area (Å²) in [7, 11) is -1.61. The van der Waals surface area contributed by atoms with Crippen LogP contribution in [0, 0.1) is 43.9 Å². The molecule has 0 aromatic heterocycles. The first-order valence-corrected chi connectivity index (χ1v) is 14.1. The molecular formula is C26H37Cl3SiTi. The largest absolute Gasteiger partial charge is 4.00 e. The predicted molar refractivity (Wildman–Crippen MR) is 121 cm³/mol. The van der Waals surface area contributed by atoms with E-state index in [4.69, 9.17) is 0 Å². The van der Waals surface area contributed by atoms with Crippen LogP contribution in [0.5, 0.6) is 0 Å². The van der Waals surface area contributed by atoms with Crippen molar-refractivity contribution in [2.45, 2.75) is 71.0 Å². The molecule has 2 fully saturated rings. The number of benzene rings is 1. The van der Waals surface area contributed by atoms with E-state index < -0.39 is 8.07 Å². The normalized spacial score (nSPS) is 29.7. The number of unbranched alkanes of at least 4 members (excludes halogenated alkanes) is 1. The van der Waals surface area contributed by atoms with E-state index >= 15 is 0 Å². The Kier molecular flexibility index (Phi) is 13.6. The molecule has 6 unspecified atom stereocenters. The van der Waals surface area contributed by atoms with Crippen molar-refractivity contribution in [3.63, 3.8) is 0 Å². The summed E-state index contributed by atoms with van der Waals surface area (Å²) in [5.74, 6) is 3.30. The van der Waals surface area contributed by atoms with Gasteiger partial charge in [0.1, 0.15) is 0 Å². The van der Waals surface area contributed by atoms with Crippen LogP contribution in [0.4, 0.5) is 0 Å². The summed E-state index contributed by atoms with van der Waals surface area (Å²) in [5, 5.41) is 1.74. The minimum atomic E-state index is -1.61. The zero-order chi connectivity index (χ0) is 19.0. The smallest absolute Gasteiger partial charge is 1.00 e. The number of halogens is 3. The van der Waals surface area contributed by atoms with E-state index in [2.05, 4.69) is 76.2 Å². The summed E-state index contributed by atoms with van der Waals surface area (Å²) in [5.41, 5.74) is 3.79. The Bertz CT molecular complexity index is 730. The molecule has 3 aliphatic rings. The number of aryl methyl sites for hydroxylation is 2. The van der Waals surface area contributed by atoms with Crippen LogP contribution in [-0.2, 0) is 21.7 Å². The molecule has 3 aliphatic carbocycles. The van der Waals surface area contributed by atoms with Gasteiger partial charge in [-0.25, -0.2) is 0 Å². The van der Waals surface area contributed by atoms with Gasteiger partial charge >= 0.3 is 21.7 Å². The molecule has 1 aromatic carbocycles. The number of allylic oxidation sites excluding steroid dienone is 4. The number of fused-ring (bicyclic) bond motifs is 3. The third-order valence-corrected chi connectivity index (χ3v) is 13.1. The molecule has 0 bridgehead atoms. The summed E-state index contributed by atoms with van der Waals surface area (Å²) in [4.78, 5) is 0. The average molecular weight is 532 g/mol. The monoisotopic (exact) mass is 530 g/mol. The van der Waals surface area contributed by atoms with Crippen molar-refractivity contribution >= 4 is 13.3 Å². The van der Waals surface area contributed by atoms with Gasteiger partial charge in [0.2, 0.25) is 0 Å². The van der Waals surface area contributed by atoms with Gasteiger partial charge in [-0.2, -0.15) is 12.3 Å². The van der Waals surface area contributed by atoms with E-state index in [1.165, 1.54) is 49.3 Å². The van der Waals surface area contributed by atoms with Crippen molar-refractivity contribution in [1.29, 1.82) is 0 Å². The predicted octanol–water partition coefficient (Wildman–Crippen LogP) is -2.24. The fourth-order valence-corrected chi connectivity index (χ4v) is 12.4. The van der Waals surface area contributed by atoms with E-state index in [0.717, 1.165) is 29.2 Å². The van der Waals surface area contributed by atoms with Gasteiger partial charge in [0.05, 0.1) is 8.07 Å². The number of rotatable bonds is 5. The van der Waals surface area contributed by atoms with Crippen molar-refractivity contribution < 1.29 is 58.9 Å². The van der Waals surface area contributed by atoms with Crippen LogP contribution >= 0.6 is 0 Å². The Morgan fingerprint density at radius 3 is 2.19 bits per heavy atom. The van der Waals surface area contributed by atoms with Gasteiger partial charge in [0, 0.05) is 0 Å².